The maximum atomic E-state index is 9.82. The molecule has 1 aliphatic carbocycles. The third kappa shape index (κ3) is 3.40. The van der Waals surface area contributed by atoms with Gasteiger partial charge in [-0.05, 0) is 43.4 Å². The van der Waals surface area contributed by atoms with Crippen LogP contribution in [0.2, 0.25) is 10.4 Å². The molecule has 0 bridgehead atoms. The molecule has 20 heavy (non-hydrogen) atoms. The molecule has 0 radical (unpaired) electrons. The summed E-state index contributed by atoms with van der Waals surface area (Å²) in [4.78, 5) is 20.3. The molecule has 0 amide bonds. The molecule has 2 aromatic heterocycles. The summed E-state index contributed by atoms with van der Waals surface area (Å²) in [5.41, 5.74) is 1.34. The zero-order valence-electron chi connectivity index (χ0n) is 11.2. The number of halogens is 2. The van der Waals surface area contributed by atoms with E-state index in [1.807, 2.05) is 0 Å². The summed E-state index contributed by atoms with van der Waals surface area (Å²) >= 11 is 13.5. The molecule has 0 aliphatic heterocycles. The zero-order valence-corrected chi connectivity index (χ0v) is 13.5. The Hall–Kier alpha value is -0.910. The van der Waals surface area contributed by atoms with Crippen LogP contribution in [0.25, 0.3) is 10.2 Å². The molecule has 2 aromatic rings. The number of carbonyl (C=O) groups excluding carboxylic acids is 1. The van der Waals surface area contributed by atoms with E-state index in [0.29, 0.717) is 11.8 Å². The van der Waals surface area contributed by atoms with Crippen LogP contribution in [0.4, 0.5) is 0 Å². The highest BCUT2D eigenvalue weighted by Gasteiger charge is 2.21. The fraction of sp³-hybridized carbons (Fsp3) is 0.462. The maximum Gasteiger partial charge on any atom is 0.302 e. The van der Waals surface area contributed by atoms with Gasteiger partial charge in [-0.1, -0.05) is 11.6 Å². The molecule has 0 saturated heterocycles. The second-order valence-electron chi connectivity index (χ2n) is 4.25. The Morgan fingerprint density at radius 2 is 2.10 bits per heavy atom. The molecule has 0 fully saturated rings. The molecule has 7 heteroatoms. The van der Waals surface area contributed by atoms with E-state index in [1.165, 1.54) is 23.8 Å². The highest BCUT2D eigenvalue weighted by Crippen LogP contribution is 2.39. The summed E-state index contributed by atoms with van der Waals surface area (Å²) in [6, 6.07) is 0. The number of thiophene rings is 1. The minimum atomic E-state index is -0.211. The van der Waals surface area contributed by atoms with Gasteiger partial charge in [0.1, 0.15) is 9.98 Å². The summed E-state index contributed by atoms with van der Waals surface area (Å²) in [6.45, 7) is 3.65. The summed E-state index contributed by atoms with van der Waals surface area (Å²) < 4.78 is 4.40. The smallest absolute Gasteiger partial charge is 0.302 e. The Morgan fingerprint density at radius 1 is 1.35 bits per heavy atom. The van der Waals surface area contributed by atoms with Crippen molar-refractivity contribution in [3.63, 3.8) is 0 Å². The Balaban J connectivity index is 0.000000212. The topological polar surface area (TPSA) is 52.1 Å². The normalized spacial score (nSPS) is 12.8. The van der Waals surface area contributed by atoms with Crippen molar-refractivity contribution in [2.24, 2.45) is 0 Å². The first-order chi connectivity index (χ1) is 9.52. The average molecular weight is 333 g/mol. The van der Waals surface area contributed by atoms with Crippen LogP contribution >= 0.6 is 34.5 Å². The van der Waals surface area contributed by atoms with E-state index in [1.54, 1.807) is 18.3 Å². The summed E-state index contributed by atoms with van der Waals surface area (Å²) in [6.07, 6.45) is 3.46. The fourth-order valence-electron chi connectivity index (χ4n) is 2.13. The van der Waals surface area contributed by atoms with Crippen molar-refractivity contribution in [2.75, 3.05) is 6.61 Å². The number of ether oxygens (including phenoxy) is 1. The van der Waals surface area contributed by atoms with Gasteiger partial charge in [-0.3, -0.25) is 4.79 Å². The van der Waals surface area contributed by atoms with E-state index >= 15 is 0 Å². The predicted octanol–water partition coefficient (Wildman–Crippen LogP) is 4.06. The first-order valence-electron chi connectivity index (χ1n) is 6.29. The Kier molecular flexibility index (Phi) is 5.18. The van der Waals surface area contributed by atoms with Gasteiger partial charge in [-0.25, -0.2) is 9.97 Å². The number of fused-ring (bicyclic) bond motifs is 3. The highest BCUT2D eigenvalue weighted by molar-refractivity contribution is 7.19. The van der Waals surface area contributed by atoms with Crippen LogP contribution in [-0.4, -0.2) is 22.5 Å². The Bertz CT molecular complexity index is 643. The molecule has 4 nitrogen and oxygen atoms in total. The lowest BCUT2D eigenvalue weighted by Gasteiger charge is -1.96. The standard InChI is InChI=1S/C9H6Cl2N2S.C4H8O2/c10-7-6-4-2-1-3-5(4)14-8(6)13-9(11)12-7;1-3-6-4(2)5/h1-3H2;3H2,1-2H3. The molecule has 0 atom stereocenters. The van der Waals surface area contributed by atoms with Gasteiger partial charge < -0.3 is 4.74 Å². The number of aromatic nitrogens is 2. The molecule has 0 aromatic carbocycles. The Morgan fingerprint density at radius 3 is 2.70 bits per heavy atom. The third-order valence-electron chi connectivity index (χ3n) is 2.84. The van der Waals surface area contributed by atoms with Crippen LogP contribution in [0.5, 0.6) is 0 Å². The number of hydrogen-bond donors (Lipinski definition) is 0. The van der Waals surface area contributed by atoms with Crippen molar-refractivity contribution in [3.8, 4) is 0 Å². The number of rotatable bonds is 1. The molecular weight excluding hydrogens is 319 g/mol. The van der Waals surface area contributed by atoms with Crippen LogP contribution in [-0.2, 0) is 22.4 Å². The SMILES string of the molecule is CCOC(C)=O.Clc1nc(Cl)c2c3c(sc2n1)CCC3. The highest BCUT2D eigenvalue weighted by atomic mass is 35.5. The van der Waals surface area contributed by atoms with Crippen molar-refractivity contribution in [1.82, 2.24) is 9.97 Å². The average Bonchev–Trinajstić information content (AvgIpc) is 2.88. The number of carbonyl (C=O) groups is 1. The minimum Gasteiger partial charge on any atom is -0.466 e. The van der Waals surface area contributed by atoms with E-state index in [4.69, 9.17) is 23.2 Å². The molecule has 2 heterocycles. The lowest BCUT2D eigenvalue weighted by Crippen LogP contribution is -1.95. The van der Waals surface area contributed by atoms with Crippen LogP contribution in [0, 0.1) is 0 Å². The van der Waals surface area contributed by atoms with Crippen LogP contribution in [0.15, 0.2) is 0 Å². The van der Waals surface area contributed by atoms with E-state index in [0.717, 1.165) is 23.1 Å². The van der Waals surface area contributed by atoms with Crippen LogP contribution < -0.4 is 0 Å². The van der Waals surface area contributed by atoms with Crippen molar-refractivity contribution >= 4 is 50.7 Å². The zero-order chi connectivity index (χ0) is 14.7. The molecule has 3 rings (SSSR count). The van der Waals surface area contributed by atoms with Gasteiger partial charge in [0, 0.05) is 11.8 Å². The van der Waals surface area contributed by atoms with Gasteiger partial charge in [0.15, 0.2) is 0 Å². The molecule has 0 saturated carbocycles. The quantitative estimate of drug-likeness (QED) is 0.449. The van der Waals surface area contributed by atoms with Crippen LogP contribution in [0.3, 0.4) is 0 Å². The van der Waals surface area contributed by atoms with E-state index in [-0.39, 0.29) is 11.3 Å². The van der Waals surface area contributed by atoms with E-state index in [2.05, 4.69) is 14.7 Å². The van der Waals surface area contributed by atoms with E-state index in [9.17, 15) is 4.79 Å². The molecule has 0 spiro atoms. The van der Waals surface area contributed by atoms with Gasteiger partial charge in [0.2, 0.25) is 5.28 Å². The number of nitrogens with zero attached hydrogens (tertiary/aromatic N) is 2. The van der Waals surface area contributed by atoms with Crippen molar-refractivity contribution in [1.29, 1.82) is 0 Å². The van der Waals surface area contributed by atoms with Gasteiger partial charge in [-0.15, -0.1) is 11.3 Å². The number of hydrogen-bond acceptors (Lipinski definition) is 5. The molecule has 1 aliphatic rings. The number of esters is 1. The molecular formula is C13H14Cl2N2O2S. The monoisotopic (exact) mass is 332 g/mol. The second-order valence-corrected chi connectivity index (χ2v) is 6.03. The first-order valence-corrected chi connectivity index (χ1v) is 7.86. The summed E-state index contributed by atoms with van der Waals surface area (Å²) in [7, 11) is 0. The van der Waals surface area contributed by atoms with Gasteiger partial charge in [0.25, 0.3) is 0 Å². The molecule has 0 unspecified atom stereocenters. The maximum absolute atomic E-state index is 9.82. The third-order valence-corrected chi connectivity index (χ3v) is 4.47. The summed E-state index contributed by atoms with van der Waals surface area (Å²) in [5.74, 6) is -0.211. The van der Waals surface area contributed by atoms with Crippen molar-refractivity contribution < 1.29 is 9.53 Å². The van der Waals surface area contributed by atoms with Gasteiger partial charge in [0.05, 0.1) is 12.0 Å². The van der Waals surface area contributed by atoms with Gasteiger partial charge in [-0.2, -0.15) is 0 Å². The fourth-order valence-corrected chi connectivity index (χ4v) is 3.99. The second kappa shape index (κ2) is 6.70. The minimum absolute atomic E-state index is 0.211. The lowest BCUT2D eigenvalue weighted by atomic mass is 10.2. The summed E-state index contributed by atoms with van der Waals surface area (Å²) in [5, 5.41) is 1.76. The predicted molar refractivity (Wildman–Crippen MR) is 81.8 cm³/mol. The molecule has 0 N–H and O–H groups in total. The van der Waals surface area contributed by atoms with Gasteiger partial charge >= 0.3 is 5.97 Å². The van der Waals surface area contributed by atoms with Crippen LogP contribution in [0.1, 0.15) is 30.7 Å². The Labute approximate surface area is 131 Å². The first kappa shape index (κ1) is 15.5. The molecule has 108 valence electrons. The van der Waals surface area contributed by atoms with Crippen molar-refractivity contribution in [2.45, 2.75) is 33.1 Å². The van der Waals surface area contributed by atoms with E-state index < -0.39 is 0 Å². The largest absolute Gasteiger partial charge is 0.466 e. The van der Waals surface area contributed by atoms with Crippen molar-refractivity contribution in [3.05, 3.63) is 20.9 Å². The number of aryl methyl sites for hydroxylation is 2. The lowest BCUT2D eigenvalue weighted by molar-refractivity contribution is -0.140.